The molecule has 1 saturated carbocycles. The fourth-order valence-corrected chi connectivity index (χ4v) is 3.18. The minimum absolute atomic E-state index is 0.00103. The SMILES string of the molecule is CCN(CC(=O)O)C1CC(NC(=O)N(C)Cc2c(F)cccc2Cl)C1. The van der Waals surface area contributed by atoms with Gasteiger partial charge in [0.1, 0.15) is 5.82 Å². The normalized spacial score (nSPS) is 19.4. The standard InChI is InChI=1S/C17H23ClFN3O3/c1-3-22(10-16(23)24)12-7-11(8-12)20-17(25)21(2)9-13-14(18)5-4-6-15(13)19/h4-6,11-12H,3,7-10H2,1-2H3,(H,20,25)(H,23,24). The van der Waals surface area contributed by atoms with Crippen LogP contribution in [-0.2, 0) is 11.3 Å². The summed E-state index contributed by atoms with van der Waals surface area (Å²) in [5, 5.41) is 12.1. The van der Waals surface area contributed by atoms with E-state index in [9.17, 15) is 14.0 Å². The predicted octanol–water partition coefficient (Wildman–Crippen LogP) is 2.56. The van der Waals surface area contributed by atoms with Gasteiger partial charge in [0.2, 0.25) is 0 Å². The Labute approximate surface area is 151 Å². The second-order valence-electron chi connectivity index (χ2n) is 6.28. The van der Waals surface area contributed by atoms with Gasteiger partial charge in [-0.25, -0.2) is 9.18 Å². The van der Waals surface area contributed by atoms with E-state index in [1.807, 2.05) is 11.8 Å². The van der Waals surface area contributed by atoms with Gasteiger partial charge in [0.15, 0.2) is 0 Å². The van der Waals surface area contributed by atoms with E-state index >= 15 is 0 Å². The highest BCUT2D eigenvalue weighted by Gasteiger charge is 2.35. The molecule has 0 bridgehead atoms. The number of carboxylic acid groups (broad SMARTS) is 1. The smallest absolute Gasteiger partial charge is 0.317 e. The number of carbonyl (C=O) groups is 2. The highest BCUT2D eigenvalue weighted by molar-refractivity contribution is 6.31. The molecule has 0 aliphatic heterocycles. The lowest BCUT2D eigenvalue weighted by atomic mass is 9.85. The molecule has 1 aliphatic rings. The lowest BCUT2D eigenvalue weighted by Crippen LogP contribution is -2.56. The van der Waals surface area contributed by atoms with Crippen LogP contribution in [-0.4, -0.2) is 59.1 Å². The molecule has 0 saturated heterocycles. The molecule has 2 N–H and O–H groups in total. The molecule has 1 aromatic rings. The van der Waals surface area contributed by atoms with Crippen LogP contribution in [0.3, 0.4) is 0 Å². The number of halogens is 2. The number of rotatable bonds is 7. The average Bonchev–Trinajstić information content (AvgIpc) is 2.51. The highest BCUT2D eigenvalue weighted by atomic mass is 35.5. The molecule has 0 spiro atoms. The summed E-state index contributed by atoms with van der Waals surface area (Å²) < 4.78 is 13.8. The fourth-order valence-electron chi connectivity index (χ4n) is 2.95. The van der Waals surface area contributed by atoms with Gasteiger partial charge >= 0.3 is 12.0 Å². The lowest BCUT2D eigenvalue weighted by Gasteiger charge is -2.42. The number of hydrogen-bond acceptors (Lipinski definition) is 3. The van der Waals surface area contributed by atoms with Gasteiger partial charge in [-0.15, -0.1) is 0 Å². The Morgan fingerprint density at radius 1 is 1.40 bits per heavy atom. The maximum atomic E-state index is 13.8. The first-order chi connectivity index (χ1) is 11.8. The summed E-state index contributed by atoms with van der Waals surface area (Å²) in [5.41, 5.74) is 0.284. The molecule has 0 atom stereocenters. The summed E-state index contributed by atoms with van der Waals surface area (Å²) in [5.74, 6) is -1.29. The third kappa shape index (κ3) is 5.06. The zero-order chi connectivity index (χ0) is 18.6. The van der Waals surface area contributed by atoms with E-state index in [0.29, 0.717) is 19.4 Å². The van der Waals surface area contributed by atoms with Gasteiger partial charge in [-0.3, -0.25) is 9.69 Å². The van der Waals surface area contributed by atoms with Crippen molar-refractivity contribution in [3.8, 4) is 0 Å². The third-order valence-corrected chi connectivity index (χ3v) is 4.86. The molecule has 1 fully saturated rings. The summed E-state index contributed by atoms with van der Waals surface area (Å²) >= 11 is 5.98. The third-order valence-electron chi connectivity index (χ3n) is 4.51. The van der Waals surface area contributed by atoms with Crippen LogP contribution in [0.15, 0.2) is 18.2 Å². The Balaban J connectivity index is 1.82. The Bertz CT molecular complexity index is 617. The van der Waals surface area contributed by atoms with Crippen LogP contribution in [0.2, 0.25) is 5.02 Å². The lowest BCUT2D eigenvalue weighted by molar-refractivity contribution is -0.139. The molecule has 8 heteroatoms. The molecule has 25 heavy (non-hydrogen) atoms. The number of nitrogens with one attached hydrogen (secondary N) is 1. The second-order valence-corrected chi connectivity index (χ2v) is 6.69. The Kier molecular flexibility index (Phi) is 6.61. The van der Waals surface area contributed by atoms with Crippen molar-refractivity contribution in [2.45, 2.75) is 38.4 Å². The zero-order valence-electron chi connectivity index (χ0n) is 14.3. The number of urea groups is 1. The zero-order valence-corrected chi connectivity index (χ0v) is 15.1. The van der Waals surface area contributed by atoms with Crippen molar-refractivity contribution in [3.05, 3.63) is 34.6 Å². The first-order valence-corrected chi connectivity index (χ1v) is 8.60. The van der Waals surface area contributed by atoms with Gasteiger partial charge in [0.05, 0.1) is 13.1 Å². The van der Waals surface area contributed by atoms with Crippen molar-refractivity contribution < 1.29 is 19.1 Å². The van der Waals surface area contributed by atoms with E-state index in [-0.39, 0.29) is 41.8 Å². The molecule has 6 nitrogen and oxygen atoms in total. The van der Waals surface area contributed by atoms with E-state index in [0.717, 1.165) is 0 Å². The van der Waals surface area contributed by atoms with Crippen molar-refractivity contribution in [1.82, 2.24) is 15.1 Å². The van der Waals surface area contributed by atoms with E-state index < -0.39 is 11.8 Å². The number of likely N-dealkylation sites (N-methyl/N-ethyl adjacent to an activating group) is 1. The first kappa shape index (κ1) is 19.5. The van der Waals surface area contributed by atoms with E-state index in [1.165, 1.54) is 17.0 Å². The number of carboxylic acids is 1. The Morgan fingerprint density at radius 3 is 2.64 bits per heavy atom. The fraction of sp³-hybridized carbons (Fsp3) is 0.529. The number of amides is 2. The number of benzene rings is 1. The number of carbonyl (C=O) groups excluding carboxylic acids is 1. The summed E-state index contributed by atoms with van der Waals surface area (Å²) in [6.45, 7) is 2.66. The minimum atomic E-state index is -0.851. The van der Waals surface area contributed by atoms with Gasteiger partial charge in [-0.2, -0.15) is 0 Å². The van der Waals surface area contributed by atoms with Crippen molar-refractivity contribution in [1.29, 1.82) is 0 Å². The molecule has 0 aromatic heterocycles. The molecular formula is C17H23ClFN3O3. The minimum Gasteiger partial charge on any atom is -0.480 e. The number of nitrogens with zero attached hydrogens (tertiary/aromatic N) is 2. The number of hydrogen-bond donors (Lipinski definition) is 2. The molecule has 0 radical (unpaired) electrons. The van der Waals surface area contributed by atoms with Gasteiger partial charge < -0.3 is 15.3 Å². The highest BCUT2D eigenvalue weighted by Crippen LogP contribution is 2.26. The van der Waals surface area contributed by atoms with Gasteiger partial charge in [0.25, 0.3) is 0 Å². The van der Waals surface area contributed by atoms with Crippen molar-refractivity contribution >= 4 is 23.6 Å². The summed E-state index contributed by atoms with van der Waals surface area (Å²) in [7, 11) is 1.58. The van der Waals surface area contributed by atoms with Crippen LogP contribution in [0.25, 0.3) is 0 Å². The molecular weight excluding hydrogens is 349 g/mol. The number of aliphatic carboxylic acids is 1. The topological polar surface area (TPSA) is 72.9 Å². The quantitative estimate of drug-likeness (QED) is 0.772. The predicted molar refractivity (Wildman–Crippen MR) is 93.1 cm³/mol. The maximum absolute atomic E-state index is 13.8. The maximum Gasteiger partial charge on any atom is 0.317 e. The Hall–Kier alpha value is -1.86. The largest absolute Gasteiger partial charge is 0.480 e. The van der Waals surface area contributed by atoms with E-state index in [1.54, 1.807) is 13.1 Å². The molecule has 1 aliphatic carbocycles. The van der Waals surface area contributed by atoms with Crippen LogP contribution in [0.5, 0.6) is 0 Å². The van der Waals surface area contributed by atoms with Gasteiger partial charge in [-0.1, -0.05) is 24.6 Å². The van der Waals surface area contributed by atoms with E-state index in [2.05, 4.69) is 5.32 Å². The molecule has 0 heterocycles. The van der Waals surface area contributed by atoms with Crippen LogP contribution >= 0.6 is 11.6 Å². The van der Waals surface area contributed by atoms with Crippen molar-refractivity contribution in [2.75, 3.05) is 20.1 Å². The molecule has 2 rings (SSSR count). The average molecular weight is 372 g/mol. The van der Waals surface area contributed by atoms with Crippen LogP contribution in [0.1, 0.15) is 25.3 Å². The monoisotopic (exact) mass is 371 g/mol. The van der Waals surface area contributed by atoms with Crippen LogP contribution in [0, 0.1) is 5.82 Å². The van der Waals surface area contributed by atoms with Gasteiger partial charge in [0, 0.05) is 29.7 Å². The van der Waals surface area contributed by atoms with E-state index in [4.69, 9.17) is 16.7 Å². The Morgan fingerprint density at radius 2 is 2.08 bits per heavy atom. The van der Waals surface area contributed by atoms with Crippen LogP contribution < -0.4 is 5.32 Å². The van der Waals surface area contributed by atoms with Crippen LogP contribution in [0.4, 0.5) is 9.18 Å². The summed E-state index contributed by atoms with van der Waals surface area (Å²) in [4.78, 5) is 26.3. The molecule has 2 amide bonds. The second kappa shape index (κ2) is 8.49. The van der Waals surface area contributed by atoms with Gasteiger partial charge in [-0.05, 0) is 31.5 Å². The van der Waals surface area contributed by atoms with Crippen molar-refractivity contribution in [2.24, 2.45) is 0 Å². The molecule has 1 aromatic carbocycles. The van der Waals surface area contributed by atoms with Crippen molar-refractivity contribution in [3.63, 3.8) is 0 Å². The summed E-state index contributed by atoms with van der Waals surface area (Å²) in [6, 6.07) is 4.28. The molecule has 0 unspecified atom stereocenters. The first-order valence-electron chi connectivity index (χ1n) is 8.22. The summed E-state index contributed by atoms with van der Waals surface area (Å²) in [6.07, 6.45) is 1.42. The molecule has 138 valence electrons.